The van der Waals surface area contributed by atoms with Crippen molar-refractivity contribution in [1.29, 1.82) is 0 Å². The van der Waals surface area contributed by atoms with Gasteiger partial charge < -0.3 is 34.4 Å². The van der Waals surface area contributed by atoms with Crippen LogP contribution in [-0.4, -0.2) is 115 Å². The number of carbonyl (C=O) groups is 4. The van der Waals surface area contributed by atoms with Crippen LogP contribution in [0, 0.1) is 17.8 Å². The molecule has 1 aliphatic carbocycles. The Labute approximate surface area is 356 Å². The van der Waals surface area contributed by atoms with Crippen LogP contribution >= 0.6 is 0 Å². The first kappa shape index (κ1) is 46.3. The number of benzene rings is 3. The van der Waals surface area contributed by atoms with Gasteiger partial charge in [-0.05, 0) is 48.3 Å². The predicted molar refractivity (Wildman–Crippen MR) is 232 cm³/mol. The fraction of sp³-hybridized carbons (Fsp3) is 0.542. The summed E-state index contributed by atoms with van der Waals surface area (Å²) in [5.74, 6) is -1.65. The zero-order chi connectivity index (χ0) is 43.8. The summed E-state index contributed by atoms with van der Waals surface area (Å²) in [6, 6.07) is 22.7. The maximum atomic E-state index is 14.7. The SMILES string of the molecule is CC[C@H](C)[C@@H]([C@@H](CC(=O)N1CCC[C@H]1[C@H](OC)[C@@H](C)C(=O)N[C@H](C)[C@@H](O)c1ccccc1)OC)N(C)C(=O)[C@H](C(C)C)N(C)C(=O)OC1c2ccccc2-c2ccccc21. The molecule has 0 aromatic heterocycles. The lowest BCUT2D eigenvalue weighted by molar-refractivity contribution is -0.148. The molecule has 9 atom stereocenters. The van der Waals surface area contributed by atoms with Crippen LogP contribution in [0.4, 0.5) is 4.79 Å². The second-order valence-electron chi connectivity index (χ2n) is 17.0. The topological polar surface area (TPSA) is 138 Å². The molecular formula is C48H66N4O8. The summed E-state index contributed by atoms with van der Waals surface area (Å²) in [7, 11) is 6.44. The van der Waals surface area contributed by atoms with E-state index in [1.54, 1.807) is 52.0 Å². The number of nitrogens with zero attached hydrogens (tertiary/aromatic N) is 3. The maximum Gasteiger partial charge on any atom is 0.411 e. The molecule has 4 amide bonds. The van der Waals surface area contributed by atoms with E-state index in [1.807, 2.05) is 107 Å². The summed E-state index contributed by atoms with van der Waals surface area (Å²) in [6.07, 6.45) is -1.25. The lowest BCUT2D eigenvalue weighted by atomic mass is 9.89. The lowest BCUT2D eigenvalue weighted by Gasteiger charge is -2.42. The highest BCUT2D eigenvalue weighted by atomic mass is 16.6. The highest BCUT2D eigenvalue weighted by Crippen LogP contribution is 2.45. The van der Waals surface area contributed by atoms with Crippen LogP contribution < -0.4 is 5.32 Å². The van der Waals surface area contributed by atoms with E-state index in [0.717, 1.165) is 28.7 Å². The van der Waals surface area contributed by atoms with Gasteiger partial charge in [-0.2, -0.15) is 0 Å². The van der Waals surface area contributed by atoms with Crippen LogP contribution in [0.1, 0.15) is 96.1 Å². The summed E-state index contributed by atoms with van der Waals surface area (Å²) in [6.45, 7) is 11.9. The van der Waals surface area contributed by atoms with Crippen molar-refractivity contribution in [2.75, 3.05) is 34.9 Å². The van der Waals surface area contributed by atoms with Crippen LogP contribution in [0.2, 0.25) is 0 Å². The Bertz CT molecular complexity index is 1880. The van der Waals surface area contributed by atoms with Crippen molar-refractivity contribution in [3.05, 3.63) is 95.6 Å². The second-order valence-corrected chi connectivity index (χ2v) is 17.0. The molecule has 0 unspecified atom stereocenters. The fourth-order valence-electron chi connectivity index (χ4n) is 9.32. The van der Waals surface area contributed by atoms with Gasteiger partial charge in [0.05, 0.1) is 48.8 Å². The Morgan fingerprint density at radius 1 is 0.833 bits per heavy atom. The molecule has 12 heteroatoms. The molecule has 1 fully saturated rings. The Morgan fingerprint density at radius 3 is 1.97 bits per heavy atom. The zero-order valence-corrected chi connectivity index (χ0v) is 37.0. The van der Waals surface area contributed by atoms with Crippen molar-refractivity contribution in [3.8, 4) is 11.1 Å². The van der Waals surface area contributed by atoms with Crippen LogP contribution in [0.15, 0.2) is 78.9 Å². The van der Waals surface area contributed by atoms with Crippen LogP contribution in [0.3, 0.4) is 0 Å². The monoisotopic (exact) mass is 826 g/mol. The summed E-state index contributed by atoms with van der Waals surface area (Å²) >= 11 is 0. The molecule has 2 aliphatic rings. The third kappa shape index (κ3) is 9.88. The van der Waals surface area contributed by atoms with Crippen molar-refractivity contribution >= 4 is 23.8 Å². The molecule has 0 radical (unpaired) electrons. The van der Waals surface area contributed by atoms with E-state index < -0.39 is 54.6 Å². The summed E-state index contributed by atoms with van der Waals surface area (Å²) in [5.41, 5.74) is 4.54. The number of nitrogens with one attached hydrogen (secondary N) is 1. The van der Waals surface area contributed by atoms with Crippen molar-refractivity contribution in [2.24, 2.45) is 17.8 Å². The molecule has 1 saturated heterocycles. The number of carbonyl (C=O) groups excluding carboxylic acids is 4. The molecule has 0 bridgehead atoms. The molecular weight excluding hydrogens is 761 g/mol. The van der Waals surface area contributed by atoms with Gasteiger partial charge in [0.15, 0.2) is 6.10 Å². The van der Waals surface area contributed by atoms with E-state index in [1.165, 1.54) is 4.90 Å². The van der Waals surface area contributed by atoms with Gasteiger partial charge in [-0.25, -0.2) is 4.79 Å². The van der Waals surface area contributed by atoms with Crippen molar-refractivity contribution in [2.45, 2.75) is 116 Å². The summed E-state index contributed by atoms with van der Waals surface area (Å²) in [5, 5.41) is 13.8. The van der Waals surface area contributed by atoms with Gasteiger partial charge in [-0.15, -0.1) is 0 Å². The van der Waals surface area contributed by atoms with E-state index in [9.17, 15) is 24.3 Å². The van der Waals surface area contributed by atoms with E-state index in [4.69, 9.17) is 14.2 Å². The number of likely N-dealkylation sites (N-methyl/N-ethyl adjacent to an activating group) is 2. The number of rotatable bonds is 18. The van der Waals surface area contributed by atoms with Crippen LogP contribution in [0.25, 0.3) is 11.1 Å². The van der Waals surface area contributed by atoms with Crippen molar-refractivity contribution in [1.82, 2.24) is 20.0 Å². The maximum absolute atomic E-state index is 14.7. The first-order valence-corrected chi connectivity index (χ1v) is 21.4. The molecule has 2 N–H and O–H groups in total. The third-order valence-corrected chi connectivity index (χ3v) is 12.8. The average Bonchev–Trinajstić information content (AvgIpc) is 3.86. The Kier molecular flexibility index (Phi) is 15.9. The van der Waals surface area contributed by atoms with Crippen molar-refractivity contribution in [3.63, 3.8) is 0 Å². The number of hydrogen-bond acceptors (Lipinski definition) is 8. The Balaban J connectivity index is 1.28. The molecule has 12 nitrogen and oxygen atoms in total. The van der Waals surface area contributed by atoms with Crippen LogP contribution in [0.5, 0.6) is 0 Å². The van der Waals surface area contributed by atoms with Crippen LogP contribution in [-0.2, 0) is 28.6 Å². The van der Waals surface area contributed by atoms with Gasteiger partial charge in [0.25, 0.3) is 0 Å². The number of aliphatic hydroxyl groups is 1. The van der Waals surface area contributed by atoms with E-state index in [2.05, 4.69) is 5.32 Å². The standard InChI is InChI=1S/C48H66N4O8/c1-11-30(4)42(50(7)47(56)41(29(2)3)51(8)48(57)60-45-36-24-17-15-22-34(36)35-23-16-18-25-37(35)45)39(58-9)28-40(53)52-27-19-26-38(52)44(59-10)31(5)46(55)49-32(6)43(54)33-20-13-12-14-21-33/h12-18,20-25,29-32,38-39,41-45,54H,11,19,26-28H2,1-10H3,(H,49,55)/t30-,31+,32+,38-,39+,41-,42-,43+,44+/m0/s1. The predicted octanol–water partition coefficient (Wildman–Crippen LogP) is 7.01. The Hall–Kier alpha value is -4.78. The van der Waals surface area contributed by atoms with Gasteiger partial charge in [0.2, 0.25) is 17.7 Å². The molecule has 0 spiro atoms. The molecule has 3 aromatic rings. The van der Waals surface area contributed by atoms with Gasteiger partial charge in [-0.3, -0.25) is 19.3 Å². The molecule has 1 aliphatic heterocycles. The number of ether oxygens (including phenoxy) is 3. The smallest absolute Gasteiger partial charge is 0.411 e. The highest BCUT2D eigenvalue weighted by molar-refractivity contribution is 5.87. The number of fused-ring (bicyclic) bond motifs is 3. The van der Waals surface area contributed by atoms with E-state index in [-0.39, 0.29) is 42.0 Å². The molecule has 5 rings (SSSR count). The minimum atomic E-state index is -0.888. The average molecular weight is 827 g/mol. The second kappa shape index (κ2) is 20.7. The number of aliphatic hydroxyl groups excluding tert-OH is 1. The van der Waals surface area contributed by atoms with Crippen molar-refractivity contribution < 1.29 is 38.5 Å². The summed E-state index contributed by atoms with van der Waals surface area (Å²) in [4.78, 5) is 61.4. The molecule has 0 saturated carbocycles. The molecule has 60 heavy (non-hydrogen) atoms. The molecule has 326 valence electrons. The fourth-order valence-corrected chi connectivity index (χ4v) is 9.32. The highest BCUT2D eigenvalue weighted by Gasteiger charge is 2.44. The quantitative estimate of drug-likeness (QED) is 0.140. The number of likely N-dealkylation sites (tertiary alicyclic amines) is 1. The molecule has 1 heterocycles. The Morgan fingerprint density at radius 2 is 1.42 bits per heavy atom. The lowest BCUT2D eigenvalue weighted by Crippen LogP contribution is -2.58. The van der Waals surface area contributed by atoms with Gasteiger partial charge in [-0.1, -0.05) is 120 Å². The van der Waals surface area contributed by atoms with E-state index >= 15 is 0 Å². The normalized spacial score (nSPS) is 18.9. The third-order valence-electron chi connectivity index (χ3n) is 12.8. The number of amides is 4. The minimum Gasteiger partial charge on any atom is -0.436 e. The number of hydrogen-bond donors (Lipinski definition) is 2. The van der Waals surface area contributed by atoms with Gasteiger partial charge in [0.1, 0.15) is 6.04 Å². The van der Waals surface area contributed by atoms with Gasteiger partial charge >= 0.3 is 6.09 Å². The zero-order valence-electron chi connectivity index (χ0n) is 37.0. The largest absolute Gasteiger partial charge is 0.436 e. The first-order chi connectivity index (χ1) is 28.7. The van der Waals surface area contributed by atoms with Gasteiger partial charge in [0, 0.05) is 46.0 Å². The first-order valence-electron chi connectivity index (χ1n) is 21.4. The van der Waals surface area contributed by atoms with E-state index in [0.29, 0.717) is 24.9 Å². The minimum absolute atomic E-state index is 0.00165. The summed E-state index contributed by atoms with van der Waals surface area (Å²) < 4.78 is 18.2. The molecule has 3 aromatic carbocycles. The number of methoxy groups -OCH3 is 2.